The van der Waals surface area contributed by atoms with Crippen LogP contribution in [0, 0.1) is 6.92 Å². The number of benzene rings is 3. The van der Waals surface area contributed by atoms with Crippen molar-refractivity contribution in [2.75, 3.05) is 5.73 Å². The number of aromatic hydroxyl groups is 2. The Bertz CT molecular complexity index is 1730. The van der Waals surface area contributed by atoms with E-state index < -0.39 is 9.84 Å². The van der Waals surface area contributed by atoms with Gasteiger partial charge in [0.15, 0.2) is 17.1 Å². The summed E-state index contributed by atoms with van der Waals surface area (Å²) in [6, 6.07) is 17.8. The number of aromatic nitrogens is 3. The second kappa shape index (κ2) is 7.85. The van der Waals surface area contributed by atoms with Crippen LogP contribution in [0.25, 0.3) is 22.2 Å². The topological polar surface area (TPSA) is 144 Å². The summed E-state index contributed by atoms with van der Waals surface area (Å²) in [4.78, 5) is 9.05. The number of nitrogen functional groups attached to an aromatic ring is 1. The Balaban J connectivity index is 1.79. The fourth-order valence-corrected chi connectivity index (χ4v) is 5.24. The predicted octanol–water partition coefficient (Wildman–Crippen LogP) is 3.60. The van der Waals surface area contributed by atoms with E-state index >= 15 is 0 Å². The van der Waals surface area contributed by atoms with Crippen LogP contribution in [0.2, 0.25) is 0 Å². The van der Waals surface area contributed by atoms with E-state index in [4.69, 9.17) is 5.73 Å². The number of aryl methyl sites for hydroxylation is 1. The maximum atomic E-state index is 13.7. The molecule has 0 spiro atoms. The zero-order valence-corrected chi connectivity index (χ0v) is 18.7. The van der Waals surface area contributed by atoms with Crippen molar-refractivity contribution in [1.82, 2.24) is 14.6 Å². The van der Waals surface area contributed by atoms with Crippen LogP contribution in [0.15, 0.2) is 81.6 Å². The average Bonchev–Trinajstić information content (AvgIpc) is 3.09. The molecule has 0 saturated carbocycles. The first kappa shape index (κ1) is 21.4. The molecule has 0 atom stereocenters. The van der Waals surface area contributed by atoms with Crippen molar-refractivity contribution in [2.45, 2.75) is 16.7 Å². The molecule has 0 amide bonds. The van der Waals surface area contributed by atoms with Gasteiger partial charge >= 0.3 is 0 Å². The van der Waals surface area contributed by atoms with Gasteiger partial charge in [0, 0.05) is 0 Å². The van der Waals surface area contributed by atoms with Crippen LogP contribution < -0.4 is 5.73 Å². The quantitative estimate of drug-likeness (QED) is 0.267. The summed E-state index contributed by atoms with van der Waals surface area (Å²) in [6.45, 7) is 1.80. The molecule has 0 radical (unpaired) electrons. The number of hydrogen-bond acceptors (Lipinski definition) is 8. The van der Waals surface area contributed by atoms with Gasteiger partial charge in [0.2, 0.25) is 9.84 Å². The van der Waals surface area contributed by atoms with Crippen molar-refractivity contribution in [3.8, 4) is 11.5 Å². The van der Waals surface area contributed by atoms with Gasteiger partial charge in [-0.05, 0) is 60.5 Å². The van der Waals surface area contributed by atoms with Crippen molar-refractivity contribution >= 4 is 44.1 Å². The third-order valence-corrected chi connectivity index (χ3v) is 7.13. The summed E-state index contributed by atoms with van der Waals surface area (Å²) < 4.78 is 28.5. The van der Waals surface area contributed by atoms with Gasteiger partial charge in [-0.3, -0.25) is 0 Å². The highest BCUT2D eigenvalue weighted by atomic mass is 32.2. The minimum Gasteiger partial charge on any atom is -0.504 e. The van der Waals surface area contributed by atoms with Gasteiger partial charge in [-0.2, -0.15) is 9.78 Å². The first-order valence-electron chi connectivity index (χ1n) is 10.2. The van der Waals surface area contributed by atoms with E-state index in [0.717, 1.165) is 5.56 Å². The van der Waals surface area contributed by atoms with Crippen molar-refractivity contribution < 1.29 is 18.6 Å². The van der Waals surface area contributed by atoms with Gasteiger partial charge in [0.1, 0.15) is 16.2 Å². The molecular formula is C24H19N5O4S. The van der Waals surface area contributed by atoms with Gasteiger partial charge in [0.05, 0.1) is 22.1 Å². The van der Waals surface area contributed by atoms with Crippen LogP contribution in [0.3, 0.4) is 0 Å². The zero-order chi connectivity index (χ0) is 24.0. The molecule has 0 aliphatic rings. The van der Waals surface area contributed by atoms with E-state index in [1.807, 2.05) is 0 Å². The lowest BCUT2D eigenvalue weighted by atomic mass is 10.2. The number of phenolic OH excluding ortho intramolecular Hbond substituents is 2. The van der Waals surface area contributed by atoms with E-state index in [9.17, 15) is 18.6 Å². The first-order chi connectivity index (χ1) is 16.3. The van der Waals surface area contributed by atoms with Crippen molar-refractivity contribution in [1.29, 1.82) is 0 Å². The van der Waals surface area contributed by atoms with E-state index in [1.165, 1.54) is 35.2 Å². The number of rotatable bonds is 4. The van der Waals surface area contributed by atoms with Crippen molar-refractivity contribution in [3.05, 3.63) is 77.9 Å². The van der Waals surface area contributed by atoms with Crippen molar-refractivity contribution in [3.63, 3.8) is 0 Å². The summed E-state index contributed by atoms with van der Waals surface area (Å²) in [6.07, 6.45) is 1.37. The lowest BCUT2D eigenvalue weighted by Crippen LogP contribution is -2.07. The zero-order valence-electron chi connectivity index (χ0n) is 17.9. The lowest BCUT2D eigenvalue weighted by Gasteiger charge is -2.06. The van der Waals surface area contributed by atoms with Gasteiger partial charge in [-0.25, -0.2) is 18.4 Å². The van der Waals surface area contributed by atoms with E-state index in [-0.39, 0.29) is 38.3 Å². The normalized spacial score (nSPS) is 12.1. The second-order valence-corrected chi connectivity index (χ2v) is 9.61. The van der Waals surface area contributed by atoms with Gasteiger partial charge in [-0.15, -0.1) is 0 Å². The summed E-state index contributed by atoms with van der Waals surface area (Å²) in [5, 5.41) is 23.6. The molecule has 5 aromatic rings. The van der Waals surface area contributed by atoms with Crippen LogP contribution in [-0.2, 0) is 9.84 Å². The van der Waals surface area contributed by atoms with Crippen LogP contribution in [0.5, 0.6) is 11.5 Å². The minimum absolute atomic E-state index is 0.0839. The summed E-state index contributed by atoms with van der Waals surface area (Å²) >= 11 is 0. The fourth-order valence-electron chi connectivity index (χ4n) is 3.65. The Morgan fingerprint density at radius 1 is 0.941 bits per heavy atom. The Morgan fingerprint density at radius 2 is 1.68 bits per heavy atom. The maximum Gasteiger partial charge on any atom is 0.212 e. The van der Waals surface area contributed by atoms with Gasteiger partial charge < -0.3 is 15.9 Å². The second-order valence-electron chi connectivity index (χ2n) is 7.72. The Kier molecular flexibility index (Phi) is 4.94. The molecule has 0 bridgehead atoms. The molecule has 0 unspecified atom stereocenters. The first-order valence-corrected chi connectivity index (χ1v) is 11.7. The lowest BCUT2D eigenvalue weighted by molar-refractivity contribution is 0.403. The molecule has 0 saturated heterocycles. The molecule has 0 fully saturated rings. The number of fused-ring (bicyclic) bond motifs is 2. The highest BCUT2D eigenvalue weighted by Gasteiger charge is 2.30. The number of nitrogens with zero attached hydrogens (tertiary/aromatic N) is 4. The van der Waals surface area contributed by atoms with Crippen LogP contribution in [0.1, 0.15) is 11.1 Å². The molecule has 2 aromatic heterocycles. The number of phenols is 2. The molecule has 0 aliphatic carbocycles. The molecule has 3 aromatic carbocycles. The highest BCUT2D eigenvalue weighted by Crippen LogP contribution is 2.35. The molecule has 4 N–H and O–H groups in total. The maximum absolute atomic E-state index is 13.7. The monoisotopic (exact) mass is 473 g/mol. The number of nitrogens with two attached hydrogens (primary N) is 1. The Labute approximate surface area is 194 Å². The summed E-state index contributed by atoms with van der Waals surface area (Å²) in [7, 11) is -4.06. The molecule has 2 heterocycles. The third-order valence-electron chi connectivity index (χ3n) is 5.32. The minimum atomic E-state index is -4.06. The van der Waals surface area contributed by atoms with Crippen LogP contribution >= 0.6 is 0 Å². The molecule has 10 heteroatoms. The molecule has 5 rings (SSSR count). The van der Waals surface area contributed by atoms with E-state index in [0.29, 0.717) is 16.6 Å². The Hall–Kier alpha value is -4.44. The number of hydrogen-bond donors (Lipinski definition) is 3. The van der Waals surface area contributed by atoms with E-state index in [1.54, 1.807) is 49.4 Å². The van der Waals surface area contributed by atoms with Crippen LogP contribution in [-0.4, -0.2) is 39.5 Å². The number of sulfone groups is 1. The third kappa shape index (κ3) is 3.50. The van der Waals surface area contributed by atoms with Crippen LogP contribution in [0.4, 0.5) is 5.82 Å². The molecular weight excluding hydrogens is 454 g/mol. The predicted molar refractivity (Wildman–Crippen MR) is 129 cm³/mol. The standard InChI is InChI=1S/C24H19N5O4S/c1-14-5-4-6-16(11-14)34(32,33)22-21-24(28-18-8-3-2-7-17(18)27-21)29(23(22)25)26-13-15-9-10-19(30)20(31)12-15/h2-13,30-31H,25H2,1H3/b26-13-. The van der Waals surface area contributed by atoms with Gasteiger partial charge in [0.25, 0.3) is 0 Å². The largest absolute Gasteiger partial charge is 0.504 e. The smallest absolute Gasteiger partial charge is 0.212 e. The summed E-state index contributed by atoms with van der Waals surface area (Å²) in [5.41, 5.74) is 8.92. The van der Waals surface area contributed by atoms with E-state index in [2.05, 4.69) is 15.1 Å². The number of para-hydroxylation sites is 2. The molecule has 0 aliphatic heterocycles. The summed E-state index contributed by atoms with van der Waals surface area (Å²) in [5.74, 6) is -0.735. The molecule has 170 valence electrons. The van der Waals surface area contributed by atoms with Crippen molar-refractivity contribution in [2.24, 2.45) is 5.10 Å². The fraction of sp³-hybridized carbons (Fsp3) is 0.0417. The van der Waals surface area contributed by atoms with Gasteiger partial charge in [-0.1, -0.05) is 24.3 Å². The highest BCUT2D eigenvalue weighted by molar-refractivity contribution is 7.92. The molecule has 34 heavy (non-hydrogen) atoms. The molecule has 9 nitrogen and oxygen atoms in total. The SMILES string of the molecule is Cc1cccc(S(=O)(=O)c2c(N)n(/N=C\c3ccc(O)c(O)c3)c3nc4ccccc4nc23)c1. The average molecular weight is 474 g/mol. The Morgan fingerprint density at radius 3 is 2.38 bits per heavy atom. The number of anilines is 1.